The molecule has 0 radical (unpaired) electrons. The number of fused-ring (bicyclic) bond motifs is 1. The fraction of sp³-hybridized carbons (Fsp3) is 0.200. The minimum absolute atomic E-state index is 0.406. The first-order valence-electron chi connectivity index (χ1n) is 10.5. The molecule has 6 nitrogen and oxygen atoms in total. The van der Waals surface area contributed by atoms with Crippen LogP contribution in [-0.2, 0) is 0 Å². The molecule has 2 heterocycles. The fourth-order valence-corrected chi connectivity index (χ4v) is 5.19. The minimum atomic E-state index is -0.406. The summed E-state index contributed by atoms with van der Waals surface area (Å²) in [6.45, 7) is 6.25. The SMILES string of the molecule is CSc1ncnc(SC)c1NC(=O)Nc1cnc2cc(C)c(C)c(C)c2c1-c1ccccc1Cl. The van der Waals surface area contributed by atoms with Gasteiger partial charge in [0.2, 0.25) is 0 Å². The Morgan fingerprint density at radius 3 is 2.26 bits per heavy atom. The van der Waals surface area contributed by atoms with Crippen molar-refractivity contribution >= 4 is 63.4 Å². The zero-order valence-corrected chi connectivity index (χ0v) is 21.9. The number of urea groups is 1. The molecule has 2 amide bonds. The van der Waals surface area contributed by atoms with E-state index in [9.17, 15) is 4.79 Å². The number of aryl methyl sites for hydroxylation is 2. The van der Waals surface area contributed by atoms with Gasteiger partial charge in [-0.25, -0.2) is 14.8 Å². The average Bonchev–Trinajstić information content (AvgIpc) is 2.83. The smallest absolute Gasteiger partial charge is 0.306 e. The number of carbonyl (C=O) groups is 1. The van der Waals surface area contributed by atoms with Crippen LogP contribution < -0.4 is 10.6 Å². The normalized spacial score (nSPS) is 11.0. The largest absolute Gasteiger partial charge is 0.323 e. The summed E-state index contributed by atoms with van der Waals surface area (Å²) >= 11 is 9.52. The number of benzene rings is 2. The third kappa shape index (κ3) is 4.58. The average molecular weight is 510 g/mol. The molecule has 0 unspecified atom stereocenters. The van der Waals surface area contributed by atoms with Gasteiger partial charge >= 0.3 is 6.03 Å². The second-order valence-corrected chi connectivity index (χ2v) is 9.71. The zero-order valence-electron chi connectivity index (χ0n) is 19.5. The van der Waals surface area contributed by atoms with Crippen LogP contribution in [0.4, 0.5) is 16.2 Å². The fourth-order valence-electron chi connectivity index (χ4n) is 3.89. The lowest BCUT2D eigenvalue weighted by Crippen LogP contribution is -2.21. The van der Waals surface area contributed by atoms with Crippen molar-refractivity contribution in [1.82, 2.24) is 15.0 Å². The number of amides is 2. The molecule has 0 aliphatic rings. The molecule has 0 spiro atoms. The topological polar surface area (TPSA) is 79.8 Å². The van der Waals surface area contributed by atoms with Crippen LogP contribution in [0.25, 0.3) is 22.0 Å². The highest BCUT2D eigenvalue weighted by Crippen LogP contribution is 2.41. The molecule has 0 atom stereocenters. The van der Waals surface area contributed by atoms with E-state index in [1.165, 1.54) is 41.0 Å². The van der Waals surface area contributed by atoms with E-state index in [1.54, 1.807) is 6.20 Å². The number of aromatic nitrogens is 3. The molecule has 0 aliphatic carbocycles. The van der Waals surface area contributed by atoms with Crippen molar-refractivity contribution in [3.63, 3.8) is 0 Å². The number of nitrogens with one attached hydrogen (secondary N) is 2. The van der Waals surface area contributed by atoms with Gasteiger partial charge in [0.05, 0.1) is 17.4 Å². The lowest BCUT2D eigenvalue weighted by atomic mass is 9.92. The molecule has 0 saturated carbocycles. The summed E-state index contributed by atoms with van der Waals surface area (Å²) < 4.78 is 0. The maximum absolute atomic E-state index is 13.2. The molecule has 2 aromatic carbocycles. The molecule has 0 aliphatic heterocycles. The highest BCUT2D eigenvalue weighted by atomic mass is 35.5. The van der Waals surface area contributed by atoms with Crippen LogP contribution >= 0.6 is 35.1 Å². The van der Waals surface area contributed by atoms with E-state index in [4.69, 9.17) is 11.6 Å². The van der Waals surface area contributed by atoms with Gasteiger partial charge in [0, 0.05) is 21.5 Å². The number of nitrogens with zero attached hydrogens (tertiary/aromatic N) is 3. The maximum atomic E-state index is 13.2. The highest BCUT2D eigenvalue weighted by Gasteiger charge is 2.20. The van der Waals surface area contributed by atoms with E-state index in [0.29, 0.717) is 26.4 Å². The van der Waals surface area contributed by atoms with E-state index in [-0.39, 0.29) is 0 Å². The first kappa shape index (κ1) is 24.3. The Bertz CT molecular complexity index is 1390. The third-order valence-electron chi connectivity index (χ3n) is 5.78. The molecule has 0 saturated heterocycles. The van der Waals surface area contributed by atoms with Gasteiger partial charge in [-0.15, -0.1) is 23.5 Å². The molecule has 34 heavy (non-hydrogen) atoms. The van der Waals surface area contributed by atoms with Gasteiger partial charge in [-0.1, -0.05) is 29.8 Å². The summed E-state index contributed by atoms with van der Waals surface area (Å²) in [4.78, 5) is 26.4. The minimum Gasteiger partial charge on any atom is -0.306 e. The van der Waals surface area contributed by atoms with Gasteiger partial charge in [-0.2, -0.15) is 0 Å². The Balaban J connectivity index is 1.85. The Morgan fingerprint density at radius 2 is 1.62 bits per heavy atom. The van der Waals surface area contributed by atoms with E-state index in [0.717, 1.165) is 27.6 Å². The molecule has 4 aromatic rings. The number of hydrogen-bond donors (Lipinski definition) is 2. The van der Waals surface area contributed by atoms with E-state index >= 15 is 0 Å². The summed E-state index contributed by atoms with van der Waals surface area (Å²) in [7, 11) is 0. The number of thioether (sulfide) groups is 2. The molecule has 2 N–H and O–H groups in total. The van der Waals surface area contributed by atoms with Crippen molar-refractivity contribution in [3.05, 3.63) is 64.6 Å². The molecule has 0 fully saturated rings. The lowest BCUT2D eigenvalue weighted by molar-refractivity contribution is 0.262. The number of halogens is 1. The van der Waals surface area contributed by atoms with Crippen LogP contribution in [0.5, 0.6) is 0 Å². The second-order valence-electron chi connectivity index (χ2n) is 7.71. The van der Waals surface area contributed by atoms with Gasteiger partial charge in [-0.3, -0.25) is 4.98 Å². The molecule has 9 heteroatoms. The van der Waals surface area contributed by atoms with E-state index in [2.05, 4.69) is 52.4 Å². The van der Waals surface area contributed by atoms with E-state index < -0.39 is 6.03 Å². The standard InChI is InChI=1S/C25H24ClN5OS2/c1-13-10-18-20(15(3)14(13)2)21(16-8-6-7-9-17(16)26)19(11-27-18)30-25(32)31-22-23(33-4)28-12-29-24(22)34-5/h6-12H,1-5H3,(H2,30,31,32). The van der Waals surface area contributed by atoms with Gasteiger partial charge in [0.15, 0.2) is 0 Å². The first-order valence-corrected chi connectivity index (χ1v) is 13.3. The molecular weight excluding hydrogens is 486 g/mol. The van der Waals surface area contributed by atoms with Gasteiger partial charge < -0.3 is 10.6 Å². The highest BCUT2D eigenvalue weighted by molar-refractivity contribution is 7.99. The number of anilines is 2. The van der Waals surface area contributed by atoms with Gasteiger partial charge in [0.1, 0.15) is 22.1 Å². The summed E-state index contributed by atoms with van der Waals surface area (Å²) in [6, 6.07) is 9.29. The lowest BCUT2D eigenvalue weighted by Gasteiger charge is -2.19. The number of pyridine rings is 1. The maximum Gasteiger partial charge on any atom is 0.323 e. The van der Waals surface area contributed by atoms with Crippen molar-refractivity contribution in [3.8, 4) is 11.1 Å². The molecule has 0 bridgehead atoms. The van der Waals surface area contributed by atoms with Crippen molar-refractivity contribution in [1.29, 1.82) is 0 Å². The summed E-state index contributed by atoms with van der Waals surface area (Å²) in [5.41, 5.74) is 7.12. The van der Waals surface area contributed by atoms with Crippen LogP contribution in [0.3, 0.4) is 0 Å². The Morgan fingerprint density at radius 1 is 0.941 bits per heavy atom. The summed E-state index contributed by atoms with van der Waals surface area (Å²) in [5.74, 6) is 0. The first-order chi connectivity index (χ1) is 16.3. The van der Waals surface area contributed by atoms with Crippen LogP contribution in [0, 0.1) is 20.8 Å². The monoisotopic (exact) mass is 509 g/mol. The van der Waals surface area contributed by atoms with E-state index in [1.807, 2.05) is 36.8 Å². The predicted octanol–water partition coefficient (Wildman–Crippen LogP) is 7.36. The van der Waals surface area contributed by atoms with Crippen LogP contribution in [0.1, 0.15) is 16.7 Å². The van der Waals surface area contributed by atoms with Gasteiger partial charge in [0.25, 0.3) is 0 Å². The van der Waals surface area contributed by atoms with Crippen molar-refractivity contribution in [2.75, 3.05) is 23.1 Å². The predicted molar refractivity (Wildman–Crippen MR) is 145 cm³/mol. The molecular formula is C25H24ClN5OS2. The number of carbonyl (C=O) groups excluding carboxylic acids is 1. The third-order valence-corrected chi connectivity index (χ3v) is 7.51. The van der Waals surface area contributed by atoms with Crippen LogP contribution in [0.2, 0.25) is 5.02 Å². The van der Waals surface area contributed by atoms with Gasteiger partial charge in [-0.05, 0) is 62.1 Å². The Hall–Kier alpha value is -2.81. The van der Waals surface area contributed by atoms with Crippen LogP contribution in [-0.4, -0.2) is 33.5 Å². The van der Waals surface area contributed by atoms with Crippen LogP contribution in [0.15, 0.2) is 52.9 Å². The van der Waals surface area contributed by atoms with Crippen molar-refractivity contribution in [2.45, 2.75) is 30.8 Å². The summed E-state index contributed by atoms with van der Waals surface area (Å²) in [5, 5.41) is 8.88. The number of rotatable bonds is 5. The summed E-state index contributed by atoms with van der Waals surface area (Å²) in [6.07, 6.45) is 6.99. The quantitative estimate of drug-likeness (QED) is 0.216. The Kier molecular flexibility index (Phi) is 7.30. The zero-order chi connectivity index (χ0) is 24.4. The van der Waals surface area contributed by atoms with Crippen molar-refractivity contribution < 1.29 is 4.79 Å². The van der Waals surface area contributed by atoms with Crippen molar-refractivity contribution in [2.24, 2.45) is 0 Å². The number of hydrogen-bond acceptors (Lipinski definition) is 6. The molecule has 2 aromatic heterocycles. The Labute approximate surface area is 212 Å². The molecule has 174 valence electrons. The second kappa shape index (κ2) is 10.2. The molecule has 4 rings (SSSR count).